The number of carbonyl (C=O) groups excluding carboxylic acids is 2. The van der Waals surface area contributed by atoms with Gasteiger partial charge in [-0.2, -0.15) is 0 Å². The van der Waals surface area contributed by atoms with Crippen molar-refractivity contribution in [2.24, 2.45) is 17.1 Å². The van der Waals surface area contributed by atoms with Gasteiger partial charge in [-0.15, -0.1) is 0 Å². The van der Waals surface area contributed by atoms with E-state index in [4.69, 9.17) is 10.5 Å². The van der Waals surface area contributed by atoms with Crippen molar-refractivity contribution in [3.8, 4) is 5.75 Å². The first-order valence-electron chi connectivity index (χ1n) is 11.9. The Morgan fingerprint density at radius 3 is 2.03 bits per heavy atom. The van der Waals surface area contributed by atoms with Crippen LogP contribution < -0.4 is 15.8 Å². The maximum Gasteiger partial charge on any atom is 0.311 e. The predicted molar refractivity (Wildman–Crippen MR) is 126 cm³/mol. The van der Waals surface area contributed by atoms with E-state index in [0.717, 1.165) is 36.8 Å². The number of para-hydroxylation sites is 1. The highest BCUT2D eigenvalue weighted by atomic mass is 16.5. The van der Waals surface area contributed by atoms with Gasteiger partial charge in [0.2, 0.25) is 5.91 Å². The standard InChI is InChI=1S/C26H42N2O3/c1-17(2)20-11-10-12-21(18(3)4)24(20)31-22(29)15-26(13-8-7-9-14-26)16-28-25(30)23(27)19(5)6/h10-12,17-19,23H,7-9,13-16,27H2,1-6H3,(H,28,30)/t23-/m0/s1. The fraction of sp³-hybridized carbons (Fsp3) is 0.692. The number of benzene rings is 1. The van der Waals surface area contributed by atoms with Gasteiger partial charge in [-0.1, -0.05) is 79.0 Å². The number of ether oxygens (including phenoxy) is 1. The molecule has 0 radical (unpaired) electrons. The van der Waals surface area contributed by atoms with Crippen molar-refractivity contribution in [2.75, 3.05) is 6.54 Å². The van der Waals surface area contributed by atoms with E-state index in [2.05, 4.69) is 33.0 Å². The molecule has 0 bridgehead atoms. The molecule has 5 nitrogen and oxygen atoms in total. The van der Waals surface area contributed by atoms with Gasteiger partial charge in [-0.05, 0) is 47.1 Å². The molecule has 1 aliphatic rings. The van der Waals surface area contributed by atoms with Gasteiger partial charge in [-0.25, -0.2) is 0 Å². The van der Waals surface area contributed by atoms with E-state index in [1.54, 1.807) is 0 Å². The van der Waals surface area contributed by atoms with Crippen LogP contribution in [0.4, 0.5) is 0 Å². The average Bonchev–Trinajstić information content (AvgIpc) is 2.71. The Morgan fingerprint density at radius 2 is 1.55 bits per heavy atom. The van der Waals surface area contributed by atoms with Crippen molar-refractivity contribution in [3.63, 3.8) is 0 Å². The van der Waals surface area contributed by atoms with Gasteiger partial charge in [-0.3, -0.25) is 9.59 Å². The number of hydrogen-bond acceptors (Lipinski definition) is 4. The maximum absolute atomic E-state index is 13.2. The number of amides is 1. The summed E-state index contributed by atoms with van der Waals surface area (Å²) in [6.07, 6.45) is 5.46. The first-order valence-corrected chi connectivity index (χ1v) is 11.9. The molecule has 174 valence electrons. The second-order valence-electron chi connectivity index (χ2n) is 10.3. The summed E-state index contributed by atoms with van der Waals surface area (Å²) in [4.78, 5) is 25.6. The van der Waals surface area contributed by atoms with Crippen molar-refractivity contribution < 1.29 is 14.3 Å². The first kappa shape index (κ1) is 25.4. The minimum absolute atomic E-state index is 0.0780. The minimum Gasteiger partial charge on any atom is -0.426 e. The smallest absolute Gasteiger partial charge is 0.311 e. The summed E-state index contributed by atoms with van der Waals surface area (Å²) >= 11 is 0. The highest BCUT2D eigenvalue weighted by Gasteiger charge is 2.36. The lowest BCUT2D eigenvalue weighted by Gasteiger charge is -2.37. The molecule has 0 aromatic heterocycles. The lowest BCUT2D eigenvalue weighted by molar-refractivity contribution is -0.138. The van der Waals surface area contributed by atoms with Crippen LogP contribution in [0.1, 0.15) is 103 Å². The topological polar surface area (TPSA) is 81.4 Å². The maximum atomic E-state index is 13.2. The van der Waals surface area contributed by atoms with Crippen LogP contribution in [0, 0.1) is 11.3 Å². The normalized spacial score (nSPS) is 17.1. The molecule has 2 rings (SSSR count). The van der Waals surface area contributed by atoms with Crippen molar-refractivity contribution in [2.45, 2.75) is 97.9 Å². The molecule has 0 heterocycles. The highest BCUT2D eigenvalue weighted by molar-refractivity contribution is 5.82. The lowest BCUT2D eigenvalue weighted by atomic mass is 9.71. The molecule has 31 heavy (non-hydrogen) atoms. The van der Waals surface area contributed by atoms with E-state index < -0.39 is 6.04 Å². The molecule has 0 aliphatic heterocycles. The number of nitrogens with one attached hydrogen (secondary N) is 1. The third kappa shape index (κ3) is 6.80. The van der Waals surface area contributed by atoms with E-state index >= 15 is 0 Å². The second kappa shape index (κ2) is 11.1. The Hall–Kier alpha value is -1.88. The molecule has 1 aromatic carbocycles. The Bertz CT molecular complexity index is 723. The van der Waals surface area contributed by atoms with Crippen LogP contribution in [0.5, 0.6) is 5.75 Å². The number of rotatable bonds is 9. The summed E-state index contributed by atoms with van der Waals surface area (Å²) in [6.45, 7) is 12.8. The van der Waals surface area contributed by atoms with Crippen LogP contribution >= 0.6 is 0 Å². The van der Waals surface area contributed by atoms with E-state index in [1.165, 1.54) is 6.42 Å². The van der Waals surface area contributed by atoms with Gasteiger partial charge in [0.1, 0.15) is 5.75 Å². The Labute approximate surface area is 188 Å². The quantitative estimate of drug-likeness (QED) is 0.412. The summed E-state index contributed by atoms with van der Waals surface area (Å²) in [5.41, 5.74) is 7.88. The van der Waals surface area contributed by atoms with Crippen LogP contribution in [0.15, 0.2) is 18.2 Å². The average molecular weight is 431 g/mol. The van der Waals surface area contributed by atoms with Gasteiger partial charge in [0.15, 0.2) is 0 Å². The van der Waals surface area contributed by atoms with Crippen LogP contribution in [-0.2, 0) is 9.59 Å². The van der Waals surface area contributed by atoms with Crippen LogP contribution in [-0.4, -0.2) is 24.5 Å². The largest absolute Gasteiger partial charge is 0.426 e. The van der Waals surface area contributed by atoms with E-state index in [9.17, 15) is 9.59 Å². The molecular formula is C26H42N2O3. The van der Waals surface area contributed by atoms with Crippen molar-refractivity contribution in [1.29, 1.82) is 0 Å². The molecule has 3 N–H and O–H groups in total. The Kier molecular flexibility index (Phi) is 9.11. The Balaban J connectivity index is 2.18. The zero-order chi connectivity index (χ0) is 23.2. The summed E-state index contributed by atoms with van der Waals surface area (Å²) in [5.74, 6) is 0.979. The summed E-state index contributed by atoms with van der Waals surface area (Å²) in [7, 11) is 0. The van der Waals surface area contributed by atoms with Gasteiger partial charge >= 0.3 is 5.97 Å². The third-order valence-electron chi connectivity index (χ3n) is 6.63. The van der Waals surface area contributed by atoms with E-state index in [1.807, 2.05) is 32.0 Å². The summed E-state index contributed by atoms with van der Waals surface area (Å²) in [6, 6.07) is 5.60. The number of carbonyl (C=O) groups is 2. The SMILES string of the molecule is CC(C)c1cccc(C(C)C)c1OC(=O)CC1(CNC(=O)[C@@H](N)C(C)C)CCCCC1. The first-order chi connectivity index (χ1) is 14.6. The molecule has 5 heteroatoms. The fourth-order valence-corrected chi connectivity index (χ4v) is 4.47. The number of hydrogen-bond donors (Lipinski definition) is 2. The molecular weight excluding hydrogens is 388 g/mol. The molecule has 1 aromatic rings. The molecule has 1 saturated carbocycles. The molecule has 1 aliphatic carbocycles. The van der Waals surface area contributed by atoms with Gasteiger partial charge in [0.05, 0.1) is 12.5 Å². The monoisotopic (exact) mass is 430 g/mol. The zero-order valence-corrected chi connectivity index (χ0v) is 20.3. The minimum atomic E-state index is -0.529. The van der Waals surface area contributed by atoms with Crippen molar-refractivity contribution >= 4 is 11.9 Å². The summed E-state index contributed by atoms with van der Waals surface area (Å²) < 4.78 is 6.04. The summed E-state index contributed by atoms with van der Waals surface area (Å²) in [5, 5.41) is 3.03. The van der Waals surface area contributed by atoms with E-state index in [-0.39, 0.29) is 35.0 Å². The van der Waals surface area contributed by atoms with Crippen molar-refractivity contribution in [1.82, 2.24) is 5.32 Å². The van der Waals surface area contributed by atoms with E-state index in [0.29, 0.717) is 18.7 Å². The molecule has 1 amide bonds. The number of esters is 1. The highest BCUT2D eigenvalue weighted by Crippen LogP contribution is 2.40. The van der Waals surface area contributed by atoms with Gasteiger partial charge in [0.25, 0.3) is 0 Å². The molecule has 0 saturated heterocycles. The zero-order valence-electron chi connectivity index (χ0n) is 20.3. The molecule has 1 fully saturated rings. The fourth-order valence-electron chi connectivity index (χ4n) is 4.47. The lowest BCUT2D eigenvalue weighted by Crippen LogP contribution is -2.48. The Morgan fingerprint density at radius 1 is 1.00 bits per heavy atom. The van der Waals surface area contributed by atoms with Crippen molar-refractivity contribution in [3.05, 3.63) is 29.3 Å². The van der Waals surface area contributed by atoms with Crippen LogP contribution in [0.3, 0.4) is 0 Å². The number of nitrogens with two attached hydrogens (primary N) is 1. The van der Waals surface area contributed by atoms with Gasteiger partial charge < -0.3 is 15.8 Å². The van der Waals surface area contributed by atoms with Gasteiger partial charge in [0, 0.05) is 6.54 Å². The van der Waals surface area contributed by atoms with Crippen LogP contribution in [0.25, 0.3) is 0 Å². The third-order valence-corrected chi connectivity index (χ3v) is 6.63. The molecule has 0 unspecified atom stereocenters. The molecule has 1 atom stereocenters. The van der Waals surface area contributed by atoms with Crippen LogP contribution in [0.2, 0.25) is 0 Å². The second-order valence-corrected chi connectivity index (χ2v) is 10.3. The predicted octanol–water partition coefficient (Wildman–Crippen LogP) is 5.28. The molecule has 0 spiro atoms.